The van der Waals surface area contributed by atoms with Crippen LogP contribution in [0.4, 0.5) is 8.78 Å². The first kappa shape index (κ1) is 35.6. The number of ketones is 1. The van der Waals surface area contributed by atoms with Gasteiger partial charge in [-0.1, -0.05) is 119 Å². The quantitative estimate of drug-likeness (QED) is 0.0818. The highest BCUT2D eigenvalue weighted by Gasteiger charge is 2.54. The minimum Gasteiger partial charge on any atom is -0.469 e. The van der Waals surface area contributed by atoms with Crippen molar-refractivity contribution in [2.75, 3.05) is 7.11 Å². The zero-order valence-electron chi connectivity index (χ0n) is 27.1. The van der Waals surface area contributed by atoms with Crippen LogP contribution in [0.2, 0.25) is 5.04 Å². The van der Waals surface area contributed by atoms with Crippen molar-refractivity contribution in [1.82, 2.24) is 0 Å². The lowest BCUT2D eigenvalue weighted by molar-refractivity contribution is -0.140. The van der Waals surface area contributed by atoms with E-state index in [-0.39, 0.29) is 35.6 Å². The number of unbranched alkanes of at least 4 members (excludes halogenated alkanes) is 3. The number of alkyl halides is 2. The van der Waals surface area contributed by atoms with E-state index in [1.54, 1.807) is 0 Å². The maximum absolute atomic E-state index is 14.8. The van der Waals surface area contributed by atoms with Crippen LogP contribution in [0.1, 0.15) is 85.5 Å². The molecule has 0 aromatic heterocycles. The molecule has 0 heterocycles. The highest BCUT2D eigenvalue weighted by Crippen LogP contribution is 2.43. The van der Waals surface area contributed by atoms with Gasteiger partial charge in [0.05, 0.1) is 13.2 Å². The van der Waals surface area contributed by atoms with Crippen LogP contribution in [-0.4, -0.2) is 39.2 Å². The molecule has 0 unspecified atom stereocenters. The SMILES string of the molecule is CCCCCC(F)(F)/C=C/[C@H]1C(=O)C[C@H](O[Si](c2ccccc2)(c2ccccc2)C(C)(C)C)[C@@H]1C/C=C\CCCC(=O)OC. The van der Waals surface area contributed by atoms with Gasteiger partial charge in [0.1, 0.15) is 5.78 Å². The molecule has 2 aromatic carbocycles. The number of esters is 1. The Hall–Kier alpha value is -2.90. The number of allylic oxidation sites excluding steroid dienone is 4. The Morgan fingerprint density at radius 1 is 0.955 bits per heavy atom. The van der Waals surface area contributed by atoms with Gasteiger partial charge in [0.25, 0.3) is 14.2 Å². The Labute approximate surface area is 264 Å². The molecule has 0 amide bonds. The van der Waals surface area contributed by atoms with E-state index in [1.807, 2.05) is 55.5 Å². The number of rotatable bonds is 16. The van der Waals surface area contributed by atoms with Crippen molar-refractivity contribution in [3.8, 4) is 0 Å². The Bertz CT molecular complexity index is 1200. The van der Waals surface area contributed by atoms with Gasteiger partial charge in [0.15, 0.2) is 0 Å². The third-order valence-corrected chi connectivity index (χ3v) is 13.7. The van der Waals surface area contributed by atoms with E-state index in [0.29, 0.717) is 32.1 Å². The molecule has 0 bridgehead atoms. The molecular weight excluding hydrogens is 574 g/mol. The molecule has 0 N–H and O–H groups in total. The van der Waals surface area contributed by atoms with E-state index in [0.717, 1.165) is 29.3 Å². The number of ether oxygens (including phenoxy) is 1. The van der Waals surface area contributed by atoms with Crippen molar-refractivity contribution < 1.29 is 27.5 Å². The van der Waals surface area contributed by atoms with Gasteiger partial charge < -0.3 is 9.16 Å². The average Bonchev–Trinajstić information content (AvgIpc) is 3.29. The number of Topliss-reactive ketones (excluding diaryl/α,β-unsaturated/α-hetero) is 1. The molecule has 240 valence electrons. The van der Waals surface area contributed by atoms with Gasteiger partial charge >= 0.3 is 5.97 Å². The monoisotopic (exact) mass is 624 g/mol. The predicted molar refractivity (Wildman–Crippen MR) is 177 cm³/mol. The van der Waals surface area contributed by atoms with E-state index in [4.69, 9.17) is 9.16 Å². The summed E-state index contributed by atoms with van der Waals surface area (Å²) >= 11 is 0. The highest BCUT2D eigenvalue weighted by atomic mass is 28.4. The molecule has 0 saturated heterocycles. The molecule has 1 fully saturated rings. The fourth-order valence-corrected chi connectivity index (χ4v) is 11.1. The molecule has 1 aliphatic carbocycles. The third kappa shape index (κ3) is 9.30. The van der Waals surface area contributed by atoms with Crippen molar-refractivity contribution >= 4 is 30.4 Å². The Kier molecular flexibility index (Phi) is 13.3. The van der Waals surface area contributed by atoms with Crippen LogP contribution in [0.3, 0.4) is 0 Å². The second-order valence-corrected chi connectivity index (χ2v) is 17.2. The lowest BCUT2D eigenvalue weighted by Gasteiger charge is -2.45. The third-order valence-electron chi connectivity index (χ3n) is 8.67. The summed E-state index contributed by atoms with van der Waals surface area (Å²) in [5.74, 6) is -4.21. The largest absolute Gasteiger partial charge is 0.469 e. The van der Waals surface area contributed by atoms with Gasteiger partial charge in [-0.05, 0) is 47.2 Å². The summed E-state index contributed by atoms with van der Waals surface area (Å²) in [6.45, 7) is 8.58. The van der Waals surface area contributed by atoms with Gasteiger partial charge in [-0.3, -0.25) is 9.59 Å². The molecule has 0 spiro atoms. The Balaban J connectivity index is 1.99. The molecular formula is C37H50F2O4Si. The molecule has 44 heavy (non-hydrogen) atoms. The predicted octanol–water partition coefficient (Wildman–Crippen LogP) is 8.20. The lowest BCUT2D eigenvalue weighted by Crippen LogP contribution is -2.68. The second-order valence-electron chi connectivity index (χ2n) is 12.9. The maximum Gasteiger partial charge on any atom is 0.305 e. The van der Waals surface area contributed by atoms with Crippen LogP contribution in [0.15, 0.2) is 85.0 Å². The van der Waals surface area contributed by atoms with Crippen LogP contribution in [0.25, 0.3) is 0 Å². The van der Waals surface area contributed by atoms with Gasteiger partial charge in [-0.2, -0.15) is 0 Å². The van der Waals surface area contributed by atoms with Crippen molar-refractivity contribution in [3.05, 3.63) is 85.0 Å². The zero-order chi connectivity index (χ0) is 32.2. The first-order chi connectivity index (χ1) is 20.9. The van der Waals surface area contributed by atoms with Crippen LogP contribution < -0.4 is 10.4 Å². The zero-order valence-corrected chi connectivity index (χ0v) is 28.1. The second kappa shape index (κ2) is 16.4. The minimum atomic E-state index is -2.97. The summed E-state index contributed by atoms with van der Waals surface area (Å²) in [4.78, 5) is 25.1. The number of hydrogen-bond acceptors (Lipinski definition) is 4. The minimum absolute atomic E-state index is 0.0577. The van der Waals surface area contributed by atoms with E-state index >= 15 is 0 Å². The first-order valence-corrected chi connectivity index (χ1v) is 18.0. The van der Waals surface area contributed by atoms with E-state index < -0.39 is 26.3 Å². The number of methoxy groups -OCH3 is 1. The van der Waals surface area contributed by atoms with Crippen LogP contribution in [-0.2, 0) is 18.8 Å². The van der Waals surface area contributed by atoms with E-state index in [9.17, 15) is 18.4 Å². The number of carbonyl (C=O) groups is 2. The van der Waals surface area contributed by atoms with Crippen molar-refractivity contribution in [2.24, 2.45) is 11.8 Å². The molecule has 4 nitrogen and oxygen atoms in total. The van der Waals surface area contributed by atoms with Crippen LogP contribution in [0, 0.1) is 11.8 Å². The maximum atomic E-state index is 14.8. The summed E-state index contributed by atoms with van der Waals surface area (Å²) in [6, 6.07) is 20.5. The fraction of sp³-hybridized carbons (Fsp3) is 0.514. The number of halogens is 2. The van der Waals surface area contributed by atoms with Crippen LogP contribution >= 0.6 is 0 Å². The molecule has 1 aliphatic rings. The Morgan fingerprint density at radius 3 is 2.11 bits per heavy atom. The average molecular weight is 625 g/mol. The summed E-state index contributed by atoms with van der Waals surface area (Å²) in [6.07, 6.45) is 10.2. The van der Waals surface area contributed by atoms with Gasteiger partial charge in [-0.15, -0.1) is 0 Å². The lowest BCUT2D eigenvalue weighted by atomic mass is 9.90. The molecule has 3 rings (SSSR count). The van der Waals surface area contributed by atoms with Crippen LogP contribution in [0.5, 0.6) is 0 Å². The van der Waals surface area contributed by atoms with E-state index in [1.165, 1.54) is 13.2 Å². The summed E-state index contributed by atoms with van der Waals surface area (Å²) < 4.78 is 41.8. The molecule has 7 heteroatoms. The number of benzene rings is 2. The highest BCUT2D eigenvalue weighted by molar-refractivity contribution is 6.99. The summed E-state index contributed by atoms with van der Waals surface area (Å²) in [5.41, 5.74) is 0. The molecule has 1 saturated carbocycles. The standard InChI is InChI=1S/C37H50F2O4Si/c1-6-7-18-26-37(38,39)27-25-31-32(23-16-8-9-17-24-35(41)42-5)34(28-33(31)40)43-44(36(2,3)4,29-19-12-10-13-20-29)30-21-14-11-15-22-30/h8,10-16,19-22,25,27,31-32,34H,6-7,9,17-18,23-24,26,28H2,1-5H3/b16-8-,27-25+/t31-,32-,34+/m1/s1. The number of carbonyl (C=O) groups excluding carboxylic acids is 2. The Morgan fingerprint density at radius 2 is 1.57 bits per heavy atom. The van der Waals surface area contributed by atoms with Gasteiger partial charge in [0.2, 0.25) is 0 Å². The molecule has 2 aromatic rings. The van der Waals surface area contributed by atoms with Crippen molar-refractivity contribution in [3.63, 3.8) is 0 Å². The first-order valence-electron chi connectivity index (χ1n) is 16.1. The topological polar surface area (TPSA) is 52.6 Å². The molecule has 3 atom stereocenters. The van der Waals surface area contributed by atoms with Crippen molar-refractivity contribution in [2.45, 2.75) is 103 Å². The normalized spacial score (nSPS) is 19.7. The van der Waals surface area contributed by atoms with Crippen molar-refractivity contribution in [1.29, 1.82) is 0 Å². The van der Waals surface area contributed by atoms with Gasteiger partial charge in [0, 0.05) is 31.1 Å². The summed E-state index contributed by atoms with van der Waals surface area (Å²) in [5, 5.41) is 1.95. The molecule has 0 aliphatic heterocycles. The fourth-order valence-electron chi connectivity index (χ4n) is 6.33. The van der Waals surface area contributed by atoms with Gasteiger partial charge in [-0.25, -0.2) is 8.78 Å². The number of hydrogen-bond donors (Lipinski definition) is 0. The summed E-state index contributed by atoms with van der Waals surface area (Å²) in [7, 11) is -1.60. The molecule has 0 radical (unpaired) electrons. The smallest absolute Gasteiger partial charge is 0.305 e. The van der Waals surface area contributed by atoms with E-state index in [2.05, 4.69) is 45.0 Å².